The highest BCUT2D eigenvalue weighted by Gasteiger charge is 2.13. The minimum atomic E-state index is -3.84. The van der Waals surface area contributed by atoms with Crippen molar-refractivity contribution in [1.82, 2.24) is 0 Å². The van der Waals surface area contributed by atoms with Gasteiger partial charge in [-0.25, -0.2) is 13.6 Å². The molecule has 2 aromatic carbocycles. The van der Waals surface area contributed by atoms with Gasteiger partial charge in [0.25, 0.3) is 5.91 Å². The quantitative estimate of drug-likeness (QED) is 0.866. The number of amides is 1. The third kappa shape index (κ3) is 4.33. The highest BCUT2D eigenvalue weighted by Crippen LogP contribution is 2.21. The van der Waals surface area contributed by atoms with Crippen molar-refractivity contribution in [2.24, 2.45) is 5.14 Å². The summed E-state index contributed by atoms with van der Waals surface area (Å²) in [5.74, 6) is 0.249. The van der Waals surface area contributed by atoms with Crippen LogP contribution in [0.15, 0.2) is 41.3 Å². The molecule has 24 heavy (non-hydrogen) atoms. The van der Waals surface area contributed by atoms with Gasteiger partial charge in [-0.05, 0) is 55.7 Å². The Morgan fingerprint density at radius 3 is 2.50 bits per heavy atom. The second kappa shape index (κ2) is 7.02. The van der Waals surface area contributed by atoms with E-state index in [1.807, 2.05) is 26.0 Å². The molecule has 128 valence electrons. The summed E-state index contributed by atoms with van der Waals surface area (Å²) in [7, 11) is -3.84. The van der Waals surface area contributed by atoms with Crippen molar-refractivity contribution in [2.45, 2.75) is 25.7 Å². The van der Waals surface area contributed by atoms with Gasteiger partial charge in [0, 0.05) is 5.69 Å². The van der Waals surface area contributed by atoms with Gasteiger partial charge in [0.05, 0.1) is 4.90 Å². The van der Waals surface area contributed by atoms with Crippen molar-refractivity contribution in [1.29, 1.82) is 0 Å². The van der Waals surface area contributed by atoms with Crippen LogP contribution in [0.2, 0.25) is 0 Å². The first-order chi connectivity index (χ1) is 11.2. The molecule has 3 N–H and O–H groups in total. The number of benzene rings is 2. The normalized spacial score (nSPS) is 11.2. The fourth-order valence-electron chi connectivity index (χ4n) is 2.21. The maximum absolute atomic E-state index is 12.0. The van der Waals surface area contributed by atoms with Crippen molar-refractivity contribution in [3.8, 4) is 5.75 Å². The number of carbonyl (C=O) groups excluding carboxylic acids is 1. The summed E-state index contributed by atoms with van der Waals surface area (Å²) in [6, 6.07) is 10.1. The van der Waals surface area contributed by atoms with Crippen LogP contribution in [0, 0.1) is 20.8 Å². The van der Waals surface area contributed by atoms with E-state index in [4.69, 9.17) is 9.88 Å². The molecule has 2 aromatic rings. The minimum absolute atomic E-state index is 0.0178. The average Bonchev–Trinajstić information content (AvgIpc) is 2.49. The lowest BCUT2D eigenvalue weighted by atomic mass is 10.1. The molecule has 0 unspecified atom stereocenters. The standard InChI is InChI=1S/C17H20N2O4S/c1-11-5-4-6-15(13(11)3)23-10-17(20)19-14-8-7-12(2)16(9-14)24(18,21)22/h4-9H,10H2,1-3H3,(H,19,20)(H2,18,21,22). The molecule has 0 heterocycles. The summed E-state index contributed by atoms with van der Waals surface area (Å²) in [5.41, 5.74) is 2.91. The minimum Gasteiger partial charge on any atom is -0.483 e. The number of nitrogens with two attached hydrogens (primary N) is 1. The topological polar surface area (TPSA) is 98.5 Å². The zero-order valence-corrected chi connectivity index (χ0v) is 14.6. The molecule has 2 rings (SSSR count). The molecular formula is C17H20N2O4S. The smallest absolute Gasteiger partial charge is 0.262 e. The van der Waals surface area contributed by atoms with Crippen LogP contribution in [-0.4, -0.2) is 20.9 Å². The van der Waals surface area contributed by atoms with Crippen LogP contribution in [0.1, 0.15) is 16.7 Å². The number of anilines is 1. The van der Waals surface area contributed by atoms with E-state index in [0.29, 0.717) is 17.0 Å². The zero-order chi connectivity index (χ0) is 17.9. The number of rotatable bonds is 5. The number of nitrogens with one attached hydrogen (secondary N) is 1. The van der Waals surface area contributed by atoms with Crippen LogP contribution >= 0.6 is 0 Å². The fraction of sp³-hybridized carbons (Fsp3) is 0.235. The van der Waals surface area contributed by atoms with E-state index in [-0.39, 0.29) is 17.4 Å². The molecule has 0 saturated carbocycles. The number of hydrogen-bond donors (Lipinski definition) is 2. The molecule has 0 spiro atoms. The lowest BCUT2D eigenvalue weighted by Gasteiger charge is -2.12. The average molecular weight is 348 g/mol. The molecule has 7 heteroatoms. The summed E-state index contributed by atoms with van der Waals surface area (Å²) in [4.78, 5) is 12.0. The third-order valence-corrected chi connectivity index (χ3v) is 4.75. The largest absolute Gasteiger partial charge is 0.483 e. The molecule has 0 atom stereocenters. The summed E-state index contributed by atoms with van der Waals surface area (Å²) >= 11 is 0. The molecular weight excluding hydrogens is 328 g/mol. The molecule has 0 aromatic heterocycles. The molecule has 0 fully saturated rings. The van der Waals surface area contributed by atoms with Gasteiger partial charge in [0.2, 0.25) is 10.0 Å². The summed E-state index contributed by atoms with van der Waals surface area (Å²) < 4.78 is 28.5. The van der Waals surface area contributed by atoms with Crippen LogP contribution in [0.4, 0.5) is 5.69 Å². The predicted molar refractivity (Wildman–Crippen MR) is 92.6 cm³/mol. The Morgan fingerprint density at radius 1 is 1.12 bits per heavy atom. The van der Waals surface area contributed by atoms with Crippen molar-refractivity contribution in [3.63, 3.8) is 0 Å². The van der Waals surface area contributed by atoms with Crippen molar-refractivity contribution < 1.29 is 17.9 Å². The maximum atomic E-state index is 12.0. The maximum Gasteiger partial charge on any atom is 0.262 e. The van der Waals surface area contributed by atoms with Gasteiger partial charge in [0.1, 0.15) is 5.75 Å². The fourth-order valence-corrected chi connectivity index (χ4v) is 3.01. The molecule has 0 bridgehead atoms. The van der Waals surface area contributed by atoms with Gasteiger partial charge < -0.3 is 10.1 Å². The Bertz CT molecular complexity index is 876. The summed E-state index contributed by atoms with van der Waals surface area (Å²) in [5, 5.41) is 7.76. The first-order valence-electron chi connectivity index (χ1n) is 7.31. The van der Waals surface area contributed by atoms with Crippen LogP contribution in [-0.2, 0) is 14.8 Å². The summed E-state index contributed by atoms with van der Waals surface area (Å²) in [6.45, 7) is 5.34. The van der Waals surface area contributed by atoms with Crippen LogP contribution in [0.25, 0.3) is 0 Å². The van der Waals surface area contributed by atoms with Crippen LogP contribution in [0.5, 0.6) is 5.75 Å². The predicted octanol–water partition coefficient (Wildman–Crippen LogP) is 2.28. The van der Waals surface area contributed by atoms with Crippen LogP contribution in [0.3, 0.4) is 0 Å². The van der Waals surface area contributed by atoms with Crippen molar-refractivity contribution >= 4 is 21.6 Å². The molecule has 0 aliphatic rings. The number of hydrogen-bond acceptors (Lipinski definition) is 4. The number of sulfonamides is 1. The number of primary sulfonamides is 1. The zero-order valence-electron chi connectivity index (χ0n) is 13.8. The Balaban J connectivity index is 2.07. The van der Waals surface area contributed by atoms with E-state index in [2.05, 4.69) is 5.32 Å². The number of ether oxygens (including phenoxy) is 1. The Morgan fingerprint density at radius 2 is 1.83 bits per heavy atom. The second-order valence-electron chi connectivity index (χ2n) is 5.56. The van der Waals surface area contributed by atoms with Gasteiger partial charge >= 0.3 is 0 Å². The monoisotopic (exact) mass is 348 g/mol. The van der Waals surface area contributed by atoms with E-state index < -0.39 is 10.0 Å². The SMILES string of the molecule is Cc1ccc(NC(=O)COc2cccc(C)c2C)cc1S(N)(=O)=O. The lowest BCUT2D eigenvalue weighted by molar-refractivity contribution is -0.118. The Kier molecular flexibility index (Phi) is 5.26. The van der Waals surface area contributed by atoms with Gasteiger partial charge in [-0.3, -0.25) is 4.79 Å². The highest BCUT2D eigenvalue weighted by atomic mass is 32.2. The highest BCUT2D eigenvalue weighted by molar-refractivity contribution is 7.89. The van der Waals surface area contributed by atoms with Crippen molar-refractivity contribution in [3.05, 3.63) is 53.1 Å². The van der Waals surface area contributed by atoms with Gasteiger partial charge in [-0.2, -0.15) is 0 Å². The molecule has 6 nitrogen and oxygen atoms in total. The van der Waals surface area contributed by atoms with Gasteiger partial charge in [-0.15, -0.1) is 0 Å². The molecule has 0 aliphatic carbocycles. The van der Waals surface area contributed by atoms with E-state index in [1.54, 1.807) is 25.1 Å². The van der Waals surface area contributed by atoms with E-state index in [9.17, 15) is 13.2 Å². The second-order valence-corrected chi connectivity index (χ2v) is 7.09. The van der Waals surface area contributed by atoms with Gasteiger partial charge in [-0.1, -0.05) is 18.2 Å². The first-order valence-corrected chi connectivity index (χ1v) is 8.85. The van der Waals surface area contributed by atoms with Crippen molar-refractivity contribution in [2.75, 3.05) is 11.9 Å². The molecule has 1 amide bonds. The van der Waals surface area contributed by atoms with E-state index in [1.165, 1.54) is 6.07 Å². The molecule has 0 radical (unpaired) electrons. The van der Waals surface area contributed by atoms with E-state index >= 15 is 0 Å². The summed E-state index contributed by atoms with van der Waals surface area (Å²) in [6.07, 6.45) is 0. The first kappa shape index (κ1) is 18.0. The Hall–Kier alpha value is -2.38. The molecule has 0 aliphatic heterocycles. The third-order valence-electron chi connectivity index (χ3n) is 3.69. The van der Waals surface area contributed by atoms with E-state index in [0.717, 1.165) is 11.1 Å². The molecule has 0 saturated heterocycles. The number of aryl methyl sites for hydroxylation is 2. The van der Waals surface area contributed by atoms with Crippen LogP contribution < -0.4 is 15.2 Å². The lowest BCUT2D eigenvalue weighted by Crippen LogP contribution is -2.21. The van der Waals surface area contributed by atoms with Gasteiger partial charge in [0.15, 0.2) is 6.61 Å². The number of carbonyl (C=O) groups is 1. The Labute approximate surface area is 141 Å².